The molecule has 0 spiro atoms. The fraction of sp³-hybridized carbons (Fsp3) is 0.250. The summed E-state index contributed by atoms with van der Waals surface area (Å²) in [7, 11) is 0. The number of rotatable bonds is 6. The molecule has 0 bridgehead atoms. The minimum atomic E-state index is -0.316. The average molecular weight is 343 g/mol. The van der Waals surface area contributed by atoms with Crippen LogP contribution in [0.5, 0.6) is 5.75 Å². The molecule has 0 radical (unpaired) electrons. The normalized spacial score (nSPS) is 10.9. The lowest BCUT2D eigenvalue weighted by Crippen LogP contribution is -2.01. The van der Waals surface area contributed by atoms with Gasteiger partial charge in [0.15, 0.2) is 0 Å². The molecule has 0 unspecified atom stereocenters. The Morgan fingerprint density at radius 3 is 2.62 bits per heavy atom. The number of ether oxygens (including phenoxy) is 1. The molecule has 3 rings (SSSR count). The number of halogens is 1. The maximum atomic E-state index is 11.8. The van der Waals surface area contributed by atoms with Gasteiger partial charge in [0.2, 0.25) is 0 Å². The quantitative estimate of drug-likeness (QED) is 0.565. The summed E-state index contributed by atoms with van der Waals surface area (Å²) in [6.45, 7) is 2.57. The van der Waals surface area contributed by atoms with Crippen LogP contribution in [0.3, 0.4) is 0 Å². The van der Waals surface area contributed by atoms with Gasteiger partial charge in [0.05, 0.1) is 0 Å². The molecule has 2 aromatic carbocycles. The fourth-order valence-corrected chi connectivity index (χ4v) is 2.75. The van der Waals surface area contributed by atoms with Gasteiger partial charge in [-0.1, -0.05) is 37.1 Å². The van der Waals surface area contributed by atoms with Gasteiger partial charge < -0.3 is 9.15 Å². The Kier molecular flexibility index (Phi) is 5.21. The lowest BCUT2D eigenvalue weighted by atomic mass is 10.0. The van der Waals surface area contributed by atoms with Crippen LogP contribution in [0.25, 0.3) is 11.0 Å². The first-order valence-electron chi connectivity index (χ1n) is 8.10. The van der Waals surface area contributed by atoms with Crippen molar-refractivity contribution in [1.29, 1.82) is 0 Å². The van der Waals surface area contributed by atoms with Gasteiger partial charge in [-0.15, -0.1) is 0 Å². The Morgan fingerprint density at radius 2 is 1.88 bits per heavy atom. The van der Waals surface area contributed by atoms with Gasteiger partial charge in [0, 0.05) is 22.5 Å². The van der Waals surface area contributed by atoms with Crippen LogP contribution in [0.4, 0.5) is 0 Å². The second-order valence-corrected chi connectivity index (χ2v) is 6.20. The Bertz CT molecular complexity index is 882. The maximum Gasteiger partial charge on any atom is 0.336 e. The Labute approximate surface area is 145 Å². The molecule has 0 amide bonds. The van der Waals surface area contributed by atoms with Gasteiger partial charge in [0.1, 0.15) is 17.9 Å². The van der Waals surface area contributed by atoms with Crippen LogP contribution in [-0.4, -0.2) is 0 Å². The van der Waals surface area contributed by atoms with Crippen LogP contribution in [0.15, 0.2) is 57.7 Å². The molecule has 24 heavy (non-hydrogen) atoms. The van der Waals surface area contributed by atoms with Crippen LogP contribution < -0.4 is 10.4 Å². The van der Waals surface area contributed by atoms with Crippen LogP contribution in [0, 0.1) is 0 Å². The highest BCUT2D eigenvalue weighted by molar-refractivity contribution is 6.30. The van der Waals surface area contributed by atoms with Crippen molar-refractivity contribution in [2.24, 2.45) is 0 Å². The van der Waals surface area contributed by atoms with E-state index in [1.54, 1.807) is 12.1 Å². The molecule has 0 saturated carbocycles. The first kappa shape index (κ1) is 16.6. The zero-order valence-electron chi connectivity index (χ0n) is 13.5. The van der Waals surface area contributed by atoms with Gasteiger partial charge in [-0.2, -0.15) is 0 Å². The molecule has 1 heterocycles. The highest BCUT2D eigenvalue weighted by Crippen LogP contribution is 2.24. The SMILES string of the molecule is CCCCc1cc(=O)oc2cc(OCc3ccc(Cl)cc3)ccc12. The molecular formula is C20H19ClO3. The molecule has 0 aliphatic rings. The molecule has 0 atom stereocenters. The van der Waals surface area contributed by atoms with Crippen molar-refractivity contribution in [3.63, 3.8) is 0 Å². The van der Waals surface area contributed by atoms with E-state index in [1.165, 1.54) is 0 Å². The van der Waals surface area contributed by atoms with Crippen molar-refractivity contribution in [2.45, 2.75) is 32.8 Å². The predicted molar refractivity (Wildman–Crippen MR) is 96.9 cm³/mol. The van der Waals surface area contributed by atoms with Gasteiger partial charge in [-0.3, -0.25) is 0 Å². The first-order chi connectivity index (χ1) is 11.7. The molecular weight excluding hydrogens is 324 g/mol. The molecule has 4 heteroatoms. The van der Waals surface area contributed by atoms with Crippen LogP contribution in [0.1, 0.15) is 30.9 Å². The molecule has 1 aromatic heterocycles. The second kappa shape index (κ2) is 7.54. The van der Waals surface area contributed by atoms with Gasteiger partial charge >= 0.3 is 5.63 Å². The van der Waals surface area contributed by atoms with Crippen LogP contribution in [0.2, 0.25) is 5.02 Å². The summed E-state index contributed by atoms with van der Waals surface area (Å²) >= 11 is 5.88. The van der Waals surface area contributed by atoms with E-state index in [1.807, 2.05) is 36.4 Å². The standard InChI is InChI=1S/C20H19ClO3/c1-2-3-4-15-11-20(22)24-19-12-17(9-10-18(15)19)23-13-14-5-7-16(21)8-6-14/h5-12H,2-4,13H2,1H3. The summed E-state index contributed by atoms with van der Waals surface area (Å²) < 4.78 is 11.1. The molecule has 0 saturated heterocycles. The Hall–Kier alpha value is -2.26. The van der Waals surface area contributed by atoms with Gasteiger partial charge in [0.25, 0.3) is 0 Å². The van der Waals surface area contributed by atoms with Crippen LogP contribution in [-0.2, 0) is 13.0 Å². The van der Waals surface area contributed by atoms with Gasteiger partial charge in [-0.05, 0) is 48.2 Å². The summed E-state index contributed by atoms with van der Waals surface area (Å²) in [6.07, 6.45) is 3.01. The van der Waals surface area contributed by atoms with E-state index >= 15 is 0 Å². The third kappa shape index (κ3) is 3.98. The summed E-state index contributed by atoms with van der Waals surface area (Å²) in [4.78, 5) is 11.8. The number of benzene rings is 2. The summed E-state index contributed by atoms with van der Waals surface area (Å²) in [5.74, 6) is 0.674. The van der Waals surface area contributed by atoms with E-state index in [9.17, 15) is 4.79 Å². The largest absolute Gasteiger partial charge is 0.489 e. The smallest absolute Gasteiger partial charge is 0.336 e. The van der Waals surface area contributed by atoms with Crippen molar-refractivity contribution in [3.05, 3.63) is 75.1 Å². The minimum absolute atomic E-state index is 0.316. The minimum Gasteiger partial charge on any atom is -0.489 e. The molecule has 124 valence electrons. The monoisotopic (exact) mass is 342 g/mol. The molecule has 0 aliphatic heterocycles. The zero-order valence-corrected chi connectivity index (χ0v) is 14.3. The molecule has 3 aromatic rings. The lowest BCUT2D eigenvalue weighted by molar-refractivity contribution is 0.306. The van der Waals surface area contributed by atoms with Crippen molar-refractivity contribution in [2.75, 3.05) is 0 Å². The third-order valence-electron chi connectivity index (χ3n) is 3.92. The molecule has 0 aliphatic carbocycles. The van der Waals surface area contributed by atoms with E-state index in [0.717, 1.165) is 35.8 Å². The molecule has 3 nitrogen and oxygen atoms in total. The fourth-order valence-electron chi connectivity index (χ4n) is 2.62. The van der Waals surface area contributed by atoms with E-state index in [4.69, 9.17) is 20.8 Å². The van der Waals surface area contributed by atoms with E-state index in [-0.39, 0.29) is 5.63 Å². The second-order valence-electron chi connectivity index (χ2n) is 5.77. The number of unbranched alkanes of at least 4 members (excludes halogenated alkanes) is 1. The highest BCUT2D eigenvalue weighted by Gasteiger charge is 2.07. The first-order valence-corrected chi connectivity index (χ1v) is 8.47. The van der Waals surface area contributed by atoms with Gasteiger partial charge in [-0.25, -0.2) is 4.79 Å². The summed E-state index contributed by atoms with van der Waals surface area (Å²) in [6, 6.07) is 14.8. The summed E-state index contributed by atoms with van der Waals surface area (Å²) in [5.41, 5.74) is 2.32. The average Bonchev–Trinajstić information content (AvgIpc) is 2.58. The molecule has 0 N–H and O–H groups in total. The van der Waals surface area contributed by atoms with E-state index < -0.39 is 0 Å². The van der Waals surface area contributed by atoms with E-state index in [0.29, 0.717) is 23.0 Å². The van der Waals surface area contributed by atoms with Crippen LogP contribution >= 0.6 is 11.6 Å². The Balaban J connectivity index is 1.82. The van der Waals surface area contributed by atoms with Crippen molar-refractivity contribution in [3.8, 4) is 5.75 Å². The predicted octanol–water partition coefficient (Wildman–Crippen LogP) is 5.37. The third-order valence-corrected chi connectivity index (χ3v) is 4.17. The number of hydrogen-bond donors (Lipinski definition) is 0. The summed E-state index contributed by atoms with van der Waals surface area (Å²) in [5, 5.41) is 1.67. The van der Waals surface area contributed by atoms with Crippen molar-refractivity contribution < 1.29 is 9.15 Å². The number of aryl methyl sites for hydroxylation is 1. The van der Waals surface area contributed by atoms with Crippen molar-refractivity contribution >= 4 is 22.6 Å². The van der Waals surface area contributed by atoms with E-state index in [2.05, 4.69) is 6.92 Å². The Morgan fingerprint density at radius 1 is 1.08 bits per heavy atom. The topological polar surface area (TPSA) is 39.4 Å². The number of hydrogen-bond acceptors (Lipinski definition) is 3. The number of fused-ring (bicyclic) bond motifs is 1. The molecule has 0 fully saturated rings. The zero-order chi connectivity index (χ0) is 16.9. The maximum absolute atomic E-state index is 11.8. The lowest BCUT2D eigenvalue weighted by Gasteiger charge is -2.09. The highest BCUT2D eigenvalue weighted by atomic mass is 35.5. The van der Waals surface area contributed by atoms with Crippen molar-refractivity contribution in [1.82, 2.24) is 0 Å².